The number of carboxylic acid groups (broad SMARTS) is 1. The van der Waals surface area contributed by atoms with Gasteiger partial charge in [0.05, 0.1) is 0 Å². The second-order valence-electron chi connectivity index (χ2n) is 7.72. The topological polar surface area (TPSA) is 108 Å². The number of rotatable bonds is 9. The minimum atomic E-state index is -1.11. The van der Waals surface area contributed by atoms with Crippen molar-refractivity contribution in [2.45, 2.75) is 18.4 Å². The highest BCUT2D eigenvalue weighted by Crippen LogP contribution is 2.44. The van der Waals surface area contributed by atoms with Crippen molar-refractivity contribution in [3.8, 4) is 11.1 Å². The van der Waals surface area contributed by atoms with Crippen LogP contribution in [0.4, 0.5) is 4.79 Å². The molecule has 0 aromatic heterocycles. The summed E-state index contributed by atoms with van der Waals surface area (Å²) >= 11 is 0. The third kappa shape index (κ3) is 5.61. The Hall–Kier alpha value is -3.39. The molecule has 31 heavy (non-hydrogen) atoms. The van der Waals surface area contributed by atoms with Gasteiger partial charge < -0.3 is 25.4 Å². The van der Waals surface area contributed by atoms with Crippen molar-refractivity contribution < 1.29 is 24.2 Å². The molecule has 2 amide bonds. The van der Waals surface area contributed by atoms with Crippen LogP contribution < -0.4 is 10.6 Å². The predicted molar refractivity (Wildman–Crippen MR) is 116 cm³/mol. The fraction of sp³-hybridized carbons (Fsp3) is 0.348. The average molecular weight is 425 g/mol. The Balaban J connectivity index is 1.47. The Morgan fingerprint density at radius 2 is 1.61 bits per heavy atom. The van der Waals surface area contributed by atoms with E-state index in [4.69, 9.17) is 9.84 Å². The van der Waals surface area contributed by atoms with E-state index in [-0.39, 0.29) is 32.0 Å². The number of amides is 2. The summed E-state index contributed by atoms with van der Waals surface area (Å²) in [6.45, 7) is 0.424. The minimum absolute atomic E-state index is 0.0381. The van der Waals surface area contributed by atoms with Gasteiger partial charge in [-0.1, -0.05) is 48.5 Å². The highest BCUT2D eigenvalue weighted by Gasteiger charge is 2.29. The summed E-state index contributed by atoms with van der Waals surface area (Å²) in [5.41, 5.74) is 4.54. The van der Waals surface area contributed by atoms with Crippen LogP contribution in [0.3, 0.4) is 0 Å². The van der Waals surface area contributed by atoms with E-state index in [1.165, 1.54) is 0 Å². The van der Waals surface area contributed by atoms with Crippen LogP contribution in [0.2, 0.25) is 0 Å². The summed E-state index contributed by atoms with van der Waals surface area (Å²) in [6, 6.07) is 15.1. The third-order valence-corrected chi connectivity index (χ3v) is 5.15. The van der Waals surface area contributed by atoms with Gasteiger partial charge in [-0.2, -0.15) is 0 Å². The summed E-state index contributed by atoms with van der Waals surface area (Å²) in [7, 11) is 3.45. The van der Waals surface area contributed by atoms with E-state index in [1.54, 1.807) is 19.0 Å². The smallest absolute Gasteiger partial charge is 0.407 e. The number of fused-ring (bicyclic) bond motifs is 3. The number of carbonyl (C=O) groups is 3. The first-order valence-electron chi connectivity index (χ1n) is 10.1. The van der Waals surface area contributed by atoms with Crippen molar-refractivity contribution in [3.05, 3.63) is 59.7 Å². The summed E-state index contributed by atoms with van der Waals surface area (Å²) in [5.74, 6) is -1.59. The van der Waals surface area contributed by atoms with Gasteiger partial charge in [-0.3, -0.25) is 4.79 Å². The molecule has 0 saturated heterocycles. The monoisotopic (exact) mass is 425 g/mol. The van der Waals surface area contributed by atoms with Gasteiger partial charge in [-0.25, -0.2) is 9.59 Å². The molecular formula is C23H27N3O5. The maximum atomic E-state index is 12.1. The Morgan fingerprint density at radius 3 is 2.16 bits per heavy atom. The van der Waals surface area contributed by atoms with Crippen LogP contribution in [0.5, 0.6) is 0 Å². The quantitative estimate of drug-likeness (QED) is 0.568. The number of nitrogens with one attached hydrogen (secondary N) is 2. The van der Waals surface area contributed by atoms with E-state index in [1.807, 2.05) is 36.4 Å². The second kappa shape index (κ2) is 10.1. The van der Waals surface area contributed by atoms with Gasteiger partial charge in [-0.15, -0.1) is 0 Å². The van der Waals surface area contributed by atoms with Crippen LogP contribution in [0, 0.1) is 0 Å². The SMILES string of the molecule is CN(C)CC(NC(=O)CCNC(=O)OCC1c2ccccc2-c2ccccc21)C(=O)O. The van der Waals surface area contributed by atoms with Crippen LogP contribution in [0.25, 0.3) is 11.1 Å². The first-order chi connectivity index (χ1) is 14.9. The zero-order chi connectivity index (χ0) is 22.4. The maximum absolute atomic E-state index is 12.1. The number of carboxylic acids is 1. The lowest BCUT2D eigenvalue weighted by Crippen LogP contribution is -2.47. The van der Waals surface area contributed by atoms with Gasteiger partial charge in [0, 0.05) is 25.4 Å². The van der Waals surface area contributed by atoms with E-state index >= 15 is 0 Å². The first-order valence-corrected chi connectivity index (χ1v) is 10.1. The molecule has 0 radical (unpaired) electrons. The number of hydrogen-bond acceptors (Lipinski definition) is 5. The van der Waals surface area contributed by atoms with E-state index in [9.17, 15) is 14.4 Å². The number of ether oxygens (including phenoxy) is 1. The Bertz CT molecular complexity index is 914. The fourth-order valence-corrected chi connectivity index (χ4v) is 3.74. The molecule has 2 aromatic rings. The van der Waals surface area contributed by atoms with Gasteiger partial charge in [0.15, 0.2) is 0 Å². The predicted octanol–water partition coefficient (Wildman–Crippen LogP) is 2.05. The summed E-state index contributed by atoms with van der Waals surface area (Å²) in [6.07, 6.45) is -0.653. The highest BCUT2D eigenvalue weighted by molar-refractivity contribution is 5.84. The highest BCUT2D eigenvalue weighted by atomic mass is 16.5. The molecule has 8 nitrogen and oxygen atoms in total. The number of likely N-dealkylation sites (N-methyl/N-ethyl adjacent to an activating group) is 1. The van der Waals surface area contributed by atoms with Gasteiger partial charge in [-0.05, 0) is 36.3 Å². The van der Waals surface area contributed by atoms with E-state index in [0.29, 0.717) is 0 Å². The van der Waals surface area contributed by atoms with Crippen LogP contribution in [-0.4, -0.2) is 67.8 Å². The molecule has 0 saturated carbocycles. The number of carbonyl (C=O) groups excluding carboxylic acids is 2. The largest absolute Gasteiger partial charge is 0.480 e. The number of nitrogens with zero attached hydrogens (tertiary/aromatic N) is 1. The number of aliphatic carboxylic acids is 1. The van der Waals surface area contributed by atoms with Crippen molar-refractivity contribution in [1.29, 1.82) is 0 Å². The molecule has 3 rings (SSSR count). The van der Waals surface area contributed by atoms with E-state index < -0.39 is 24.0 Å². The van der Waals surface area contributed by atoms with Crippen molar-refractivity contribution in [2.75, 3.05) is 33.8 Å². The van der Waals surface area contributed by atoms with Crippen LogP contribution in [0.15, 0.2) is 48.5 Å². The number of benzene rings is 2. The number of hydrogen-bond donors (Lipinski definition) is 3. The van der Waals surface area contributed by atoms with Gasteiger partial charge in [0.2, 0.25) is 5.91 Å². The molecule has 1 aliphatic rings. The normalized spacial score (nSPS) is 13.3. The molecule has 0 aliphatic heterocycles. The van der Waals surface area contributed by atoms with Crippen LogP contribution in [0.1, 0.15) is 23.5 Å². The van der Waals surface area contributed by atoms with Crippen molar-refractivity contribution in [3.63, 3.8) is 0 Å². The molecule has 8 heteroatoms. The van der Waals surface area contributed by atoms with Gasteiger partial charge in [0.25, 0.3) is 0 Å². The molecule has 0 spiro atoms. The molecule has 3 N–H and O–H groups in total. The molecule has 1 atom stereocenters. The van der Waals surface area contributed by atoms with Crippen LogP contribution >= 0.6 is 0 Å². The number of alkyl carbamates (subject to hydrolysis) is 1. The zero-order valence-electron chi connectivity index (χ0n) is 17.6. The summed E-state index contributed by atoms with van der Waals surface area (Å²) in [4.78, 5) is 37.0. The Morgan fingerprint density at radius 1 is 1.03 bits per heavy atom. The molecule has 1 unspecified atom stereocenters. The van der Waals surface area contributed by atoms with Crippen molar-refractivity contribution in [2.24, 2.45) is 0 Å². The molecule has 2 aromatic carbocycles. The molecule has 1 aliphatic carbocycles. The Kier molecular flexibility index (Phi) is 7.25. The standard InChI is InChI=1S/C23H27N3O5/c1-26(2)13-20(22(28)29)25-21(27)11-12-24-23(30)31-14-19-17-9-5-3-7-15(17)16-8-4-6-10-18(16)19/h3-10,19-20H,11-14H2,1-2H3,(H,24,30)(H,25,27)(H,28,29). The molecule has 0 fully saturated rings. The summed E-state index contributed by atoms with van der Waals surface area (Å²) in [5, 5.41) is 14.2. The van der Waals surface area contributed by atoms with Crippen molar-refractivity contribution >= 4 is 18.0 Å². The van der Waals surface area contributed by atoms with E-state index in [2.05, 4.69) is 22.8 Å². The molecular weight excluding hydrogens is 398 g/mol. The minimum Gasteiger partial charge on any atom is -0.480 e. The van der Waals surface area contributed by atoms with Crippen LogP contribution in [-0.2, 0) is 14.3 Å². The Labute approximate surface area is 181 Å². The lowest BCUT2D eigenvalue weighted by molar-refractivity contribution is -0.142. The molecule has 0 heterocycles. The third-order valence-electron chi connectivity index (χ3n) is 5.15. The van der Waals surface area contributed by atoms with Gasteiger partial charge in [0.1, 0.15) is 12.6 Å². The lowest BCUT2D eigenvalue weighted by atomic mass is 9.98. The molecule has 164 valence electrons. The fourth-order valence-electron chi connectivity index (χ4n) is 3.74. The summed E-state index contributed by atoms with van der Waals surface area (Å²) < 4.78 is 5.41. The second-order valence-corrected chi connectivity index (χ2v) is 7.72. The first kappa shape index (κ1) is 22.3. The van der Waals surface area contributed by atoms with Crippen molar-refractivity contribution in [1.82, 2.24) is 15.5 Å². The zero-order valence-corrected chi connectivity index (χ0v) is 17.6. The molecule has 0 bridgehead atoms. The lowest BCUT2D eigenvalue weighted by Gasteiger charge is -2.18. The maximum Gasteiger partial charge on any atom is 0.407 e. The van der Waals surface area contributed by atoms with Gasteiger partial charge >= 0.3 is 12.1 Å². The van der Waals surface area contributed by atoms with E-state index in [0.717, 1.165) is 22.3 Å². The average Bonchev–Trinajstić information content (AvgIpc) is 3.05.